The summed E-state index contributed by atoms with van der Waals surface area (Å²) in [5.74, 6) is 0. The topological polar surface area (TPSA) is 71.1 Å². The number of rotatable bonds is 2. The van der Waals surface area contributed by atoms with Crippen LogP contribution in [0.5, 0.6) is 0 Å². The monoisotopic (exact) mass is 314 g/mol. The Morgan fingerprint density at radius 3 is 2.27 bits per heavy atom. The number of nitro groups is 1. The summed E-state index contributed by atoms with van der Waals surface area (Å²) >= 11 is 27.9. The summed E-state index contributed by atoms with van der Waals surface area (Å²) in [6.07, 6.45) is -1.34. The van der Waals surface area contributed by atoms with Crippen molar-refractivity contribution in [1.29, 1.82) is 0 Å². The first-order valence-corrected chi connectivity index (χ1v) is 5.29. The van der Waals surface area contributed by atoms with E-state index >= 15 is 0 Å². The fourth-order valence-corrected chi connectivity index (χ4v) is 1.47. The second kappa shape index (κ2) is 4.25. The molecule has 0 aliphatic carbocycles. The molecule has 1 aliphatic heterocycles. The van der Waals surface area contributed by atoms with Crippen LogP contribution < -0.4 is 0 Å². The number of hydrogen-bond donors (Lipinski definition) is 0. The van der Waals surface area contributed by atoms with Gasteiger partial charge < -0.3 is 0 Å². The highest BCUT2D eigenvalue weighted by molar-refractivity contribution is 6.75. The Morgan fingerprint density at radius 1 is 1.33 bits per heavy atom. The van der Waals surface area contributed by atoms with Gasteiger partial charge in [0, 0.05) is 0 Å². The van der Waals surface area contributed by atoms with Gasteiger partial charge in [-0.1, -0.05) is 63.0 Å². The fraction of sp³-hybridized carbons (Fsp3) is 1.00. The van der Waals surface area contributed by atoms with Crippen LogP contribution in [0.25, 0.3) is 0 Å². The number of nitrogens with zero attached hydrogens (tertiary/aromatic N) is 4. The zero-order valence-electron chi connectivity index (χ0n) is 6.78. The molecule has 1 unspecified atom stereocenters. The van der Waals surface area contributed by atoms with Crippen molar-refractivity contribution in [2.45, 2.75) is 14.3 Å². The van der Waals surface area contributed by atoms with E-state index in [-0.39, 0.29) is 6.67 Å². The predicted molar refractivity (Wildman–Crippen MR) is 57.1 cm³/mol. The Kier molecular flexibility index (Phi) is 3.78. The second-order valence-electron chi connectivity index (χ2n) is 2.57. The van der Waals surface area contributed by atoms with E-state index in [2.05, 4.69) is 10.2 Å². The lowest BCUT2D eigenvalue weighted by Crippen LogP contribution is -2.51. The molecule has 0 aromatic rings. The fourth-order valence-electron chi connectivity index (χ4n) is 0.863. The zero-order chi connectivity index (χ0) is 11.9. The average molecular weight is 316 g/mol. The van der Waals surface area contributed by atoms with Crippen LogP contribution in [0, 0.1) is 10.1 Å². The Morgan fingerprint density at radius 2 is 1.87 bits per heavy atom. The highest BCUT2D eigenvalue weighted by Gasteiger charge is 2.58. The Balaban J connectivity index is 2.96. The molecule has 1 rings (SSSR count). The lowest BCUT2D eigenvalue weighted by Gasteiger charge is -2.31. The van der Waals surface area contributed by atoms with E-state index in [9.17, 15) is 10.1 Å². The van der Waals surface area contributed by atoms with Gasteiger partial charge in [0.1, 0.15) is 0 Å². The molecule has 0 saturated heterocycles. The van der Waals surface area contributed by atoms with Gasteiger partial charge in [0.25, 0.3) is 0 Å². The molecule has 6 nitrogen and oxygen atoms in total. The summed E-state index contributed by atoms with van der Waals surface area (Å²) in [5, 5.41) is 17.2. The smallest absolute Gasteiger partial charge is 0.235 e. The average Bonchev–Trinajstić information content (AvgIpc) is 2.48. The highest BCUT2D eigenvalue weighted by atomic mass is 35.6. The molecule has 1 atom stereocenters. The Labute approximate surface area is 109 Å². The van der Waals surface area contributed by atoms with Crippen LogP contribution in [-0.2, 0) is 0 Å². The van der Waals surface area contributed by atoms with Gasteiger partial charge in [0.2, 0.25) is 14.3 Å². The summed E-state index contributed by atoms with van der Waals surface area (Å²) in [5.41, 5.74) is 0. The lowest BCUT2D eigenvalue weighted by atomic mass is 10.3. The summed E-state index contributed by atoms with van der Waals surface area (Å²) in [7, 11) is 0. The van der Waals surface area contributed by atoms with Gasteiger partial charge >= 0.3 is 0 Å². The van der Waals surface area contributed by atoms with E-state index < -0.39 is 19.3 Å². The number of azo groups is 1. The molecule has 86 valence electrons. The third-order valence-corrected chi connectivity index (χ3v) is 4.03. The van der Waals surface area contributed by atoms with Gasteiger partial charge in [0.15, 0.2) is 11.7 Å². The van der Waals surface area contributed by atoms with Crippen LogP contribution in [0.4, 0.5) is 0 Å². The van der Waals surface area contributed by atoms with Crippen molar-refractivity contribution in [1.82, 2.24) is 5.01 Å². The molecule has 15 heavy (non-hydrogen) atoms. The first kappa shape index (κ1) is 13.3. The third kappa shape index (κ3) is 2.50. The van der Waals surface area contributed by atoms with Crippen molar-refractivity contribution in [2.75, 3.05) is 6.67 Å². The van der Waals surface area contributed by atoms with E-state index in [0.29, 0.717) is 5.01 Å². The summed E-state index contributed by atoms with van der Waals surface area (Å²) < 4.78 is -4.19. The third-order valence-electron chi connectivity index (χ3n) is 1.59. The predicted octanol–water partition coefficient (Wildman–Crippen LogP) is 2.77. The quantitative estimate of drug-likeness (QED) is 0.447. The van der Waals surface area contributed by atoms with Crippen molar-refractivity contribution in [3.8, 4) is 0 Å². The SMILES string of the molecule is O=[N+]([O-])N1CN=NC1C(Cl)(Cl)C(Cl)(Cl)Cl. The molecular formula is C4H3Cl5N4O2. The van der Waals surface area contributed by atoms with Crippen LogP contribution in [0.3, 0.4) is 0 Å². The number of halogens is 5. The minimum absolute atomic E-state index is 0.292. The zero-order valence-corrected chi connectivity index (χ0v) is 10.6. The molecule has 0 radical (unpaired) electrons. The van der Waals surface area contributed by atoms with Crippen molar-refractivity contribution < 1.29 is 5.03 Å². The van der Waals surface area contributed by atoms with Gasteiger partial charge in [-0.15, -0.1) is 0 Å². The molecule has 0 aromatic carbocycles. The largest absolute Gasteiger partial charge is 0.238 e. The van der Waals surface area contributed by atoms with E-state index in [4.69, 9.17) is 58.0 Å². The molecule has 0 bridgehead atoms. The number of alkyl halides is 5. The maximum atomic E-state index is 10.6. The van der Waals surface area contributed by atoms with Gasteiger partial charge in [-0.05, 0) is 0 Å². The summed E-state index contributed by atoms with van der Waals surface area (Å²) in [4.78, 5) is 10.6. The van der Waals surface area contributed by atoms with Crippen LogP contribution in [-0.4, -0.2) is 31.0 Å². The normalized spacial score (nSPS) is 22.2. The Bertz CT molecular complexity index is 302. The molecule has 0 amide bonds. The summed E-state index contributed by atoms with van der Waals surface area (Å²) in [6.45, 7) is -0.292. The first-order valence-electron chi connectivity index (χ1n) is 3.40. The first-order chi connectivity index (χ1) is 6.68. The second-order valence-corrected chi connectivity index (χ2v) is 6.24. The van der Waals surface area contributed by atoms with Gasteiger partial charge in [-0.3, -0.25) is 0 Å². The van der Waals surface area contributed by atoms with Crippen molar-refractivity contribution in [3.05, 3.63) is 10.1 Å². The van der Waals surface area contributed by atoms with Gasteiger partial charge in [0.05, 0.1) is 0 Å². The van der Waals surface area contributed by atoms with Crippen molar-refractivity contribution in [3.63, 3.8) is 0 Å². The number of hydrazine groups is 1. The maximum absolute atomic E-state index is 10.6. The van der Waals surface area contributed by atoms with Gasteiger partial charge in [-0.25, -0.2) is 10.1 Å². The molecule has 1 aliphatic rings. The molecule has 0 aromatic heterocycles. The molecule has 1 heterocycles. The van der Waals surface area contributed by atoms with E-state index in [0.717, 1.165) is 0 Å². The maximum Gasteiger partial charge on any atom is 0.238 e. The van der Waals surface area contributed by atoms with E-state index in [1.54, 1.807) is 0 Å². The summed E-state index contributed by atoms with van der Waals surface area (Å²) in [6, 6.07) is 0. The van der Waals surface area contributed by atoms with Crippen LogP contribution in [0.1, 0.15) is 0 Å². The molecule has 0 saturated carbocycles. The van der Waals surface area contributed by atoms with Crippen LogP contribution in [0.2, 0.25) is 0 Å². The van der Waals surface area contributed by atoms with Gasteiger partial charge in [-0.2, -0.15) is 10.2 Å². The van der Waals surface area contributed by atoms with Crippen LogP contribution >= 0.6 is 58.0 Å². The van der Waals surface area contributed by atoms with E-state index in [1.165, 1.54) is 0 Å². The van der Waals surface area contributed by atoms with Crippen LogP contribution in [0.15, 0.2) is 10.2 Å². The minimum Gasteiger partial charge on any atom is -0.235 e. The van der Waals surface area contributed by atoms with Crippen molar-refractivity contribution in [2.24, 2.45) is 10.2 Å². The van der Waals surface area contributed by atoms with Crippen molar-refractivity contribution >= 4 is 58.0 Å². The molecule has 0 fully saturated rings. The Hall–Kier alpha value is 0.250. The van der Waals surface area contributed by atoms with E-state index in [1.807, 2.05) is 0 Å². The standard InChI is InChI=1S/C4H3Cl5N4O2/c5-3(6,4(7,8)9)2-11-10-1-12(2)13(14)15/h2H,1H2. The minimum atomic E-state index is -2.13. The highest BCUT2D eigenvalue weighted by Crippen LogP contribution is 2.50. The molecular weight excluding hydrogens is 313 g/mol. The number of hydrogen-bond acceptors (Lipinski definition) is 4. The lowest BCUT2D eigenvalue weighted by molar-refractivity contribution is -0.660. The molecule has 0 spiro atoms. The molecule has 0 N–H and O–H groups in total. The molecule has 11 heteroatoms.